The van der Waals surface area contributed by atoms with Crippen LogP contribution in [0, 0.1) is 6.92 Å². The van der Waals surface area contributed by atoms with E-state index in [1.807, 2.05) is 61.5 Å². The lowest BCUT2D eigenvalue weighted by molar-refractivity contribution is 0.0951. The maximum absolute atomic E-state index is 12.4. The second-order valence-electron chi connectivity index (χ2n) is 6.07. The number of anilines is 1. The third-order valence-electron chi connectivity index (χ3n) is 3.96. The first kappa shape index (κ1) is 17.4. The number of aryl methyl sites for hydroxylation is 1. The topological polar surface area (TPSA) is 58.2 Å². The Balaban J connectivity index is 1.67. The number of nitrogens with one attached hydrogen (secondary N) is 2. The van der Waals surface area contributed by atoms with Gasteiger partial charge in [0.25, 0.3) is 11.8 Å². The minimum atomic E-state index is -0.242. The van der Waals surface area contributed by atoms with Crippen LogP contribution in [0.25, 0.3) is 0 Å². The Morgan fingerprint density at radius 1 is 0.769 bits per heavy atom. The highest BCUT2D eigenvalue weighted by molar-refractivity contribution is 6.06. The summed E-state index contributed by atoms with van der Waals surface area (Å²) in [6, 6.07) is 24.0. The fourth-order valence-electron chi connectivity index (χ4n) is 2.61. The van der Waals surface area contributed by atoms with Crippen molar-refractivity contribution >= 4 is 17.5 Å². The molecule has 4 nitrogen and oxygen atoms in total. The quantitative estimate of drug-likeness (QED) is 0.729. The molecule has 2 amide bonds. The van der Waals surface area contributed by atoms with Gasteiger partial charge in [-0.05, 0) is 48.4 Å². The van der Waals surface area contributed by atoms with Gasteiger partial charge in [0, 0.05) is 23.4 Å². The Labute approximate surface area is 152 Å². The molecule has 3 aromatic rings. The summed E-state index contributed by atoms with van der Waals surface area (Å²) < 4.78 is 0. The summed E-state index contributed by atoms with van der Waals surface area (Å²) in [5.41, 5.74) is 3.72. The van der Waals surface area contributed by atoms with Crippen molar-refractivity contribution in [3.05, 3.63) is 101 Å². The lowest BCUT2D eigenvalue weighted by atomic mass is 10.1. The predicted octanol–water partition coefficient (Wildman–Crippen LogP) is 4.18. The molecule has 3 rings (SSSR count). The molecule has 0 aliphatic rings. The van der Waals surface area contributed by atoms with E-state index in [2.05, 4.69) is 10.6 Å². The number of carbonyl (C=O) groups is 2. The molecule has 0 radical (unpaired) electrons. The van der Waals surface area contributed by atoms with Crippen LogP contribution in [0.3, 0.4) is 0 Å². The van der Waals surface area contributed by atoms with Crippen LogP contribution in [0.4, 0.5) is 5.69 Å². The molecule has 2 N–H and O–H groups in total. The van der Waals surface area contributed by atoms with E-state index >= 15 is 0 Å². The van der Waals surface area contributed by atoms with Crippen LogP contribution in [-0.4, -0.2) is 11.8 Å². The highest BCUT2D eigenvalue weighted by atomic mass is 16.2. The summed E-state index contributed by atoms with van der Waals surface area (Å²) in [6.45, 7) is 2.41. The summed E-state index contributed by atoms with van der Waals surface area (Å²) in [5, 5.41) is 5.72. The molecule has 0 heterocycles. The van der Waals surface area contributed by atoms with Crippen molar-refractivity contribution in [3.63, 3.8) is 0 Å². The second-order valence-corrected chi connectivity index (χ2v) is 6.07. The Morgan fingerprint density at radius 2 is 1.46 bits per heavy atom. The van der Waals surface area contributed by atoms with Crippen molar-refractivity contribution in [1.29, 1.82) is 0 Å². The molecular formula is C22H20N2O2. The van der Waals surface area contributed by atoms with Crippen LogP contribution in [0.1, 0.15) is 31.8 Å². The lowest BCUT2D eigenvalue weighted by Crippen LogP contribution is -2.23. The number of amides is 2. The van der Waals surface area contributed by atoms with E-state index in [0.29, 0.717) is 17.7 Å². The molecule has 0 spiro atoms. The van der Waals surface area contributed by atoms with Crippen LogP contribution < -0.4 is 10.6 Å². The highest BCUT2D eigenvalue weighted by Gasteiger charge is 2.11. The van der Waals surface area contributed by atoms with Gasteiger partial charge in [-0.2, -0.15) is 0 Å². The van der Waals surface area contributed by atoms with Crippen LogP contribution in [-0.2, 0) is 6.54 Å². The normalized spacial score (nSPS) is 10.2. The zero-order valence-corrected chi connectivity index (χ0v) is 14.5. The number of hydrogen-bond acceptors (Lipinski definition) is 2. The van der Waals surface area contributed by atoms with Crippen molar-refractivity contribution in [2.24, 2.45) is 0 Å². The largest absolute Gasteiger partial charge is 0.348 e. The molecule has 26 heavy (non-hydrogen) atoms. The van der Waals surface area contributed by atoms with Crippen LogP contribution >= 0.6 is 0 Å². The SMILES string of the molecule is Cc1cccc(NC(=O)c2cccc(C(=O)NCc3ccccc3)c2)c1. The van der Waals surface area contributed by atoms with E-state index in [-0.39, 0.29) is 11.8 Å². The molecule has 0 aliphatic heterocycles. The molecule has 3 aromatic carbocycles. The zero-order chi connectivity index (χ0) is 18.4. The summed E-state index contributed by atoms with van der Waals surface area (Å²) in [7, 11) is 0. The van der Waals surface area contributed by atoms with Crippen molar-refractivity contribution in [2.75, 3.05) is 5.32 Å². The molecule has 130 valence electrons. The van der Waals surface area contributed by atoms with Gasteiger partial charge in [-0.3, -0.25) is 9.59 Å². The number of benzene rings is 3. The minimum Gasteiger partial charge on any atom is -0.348 e. The Bertz CT molecular complexity index is 920. The minimum absolute atomic E-state index is 0.209. The molecule has 0 aliphatic carbocycles. The first-order valence-corrected chi connectivity index (χ1v) is 8.42. The molecule has 0 bridgehead atoms. The first-order valence-electron chi connectivity index (χ1n) is 8.42. The third kappa shape index (κ3) is 4.57. The van der Waals surface area contributed by atoms with Gasteiger partial charge in [-0.15, -0.1) is 0 Å². The maximum Gasteiger partial charge on any atom is 0.255 e. The Hall–Kier alpha value is -3.40. The van der Waals surface area contributed by atoms with E-state index in [0.717, 1.165) is 16.8 Å². The summed E-state index contributed by atoms with van der Waals surface area (Å²) in [6.07, 6.45) is 0. The lowest BCUT2D eigenvalue weighted by Gasteiger charge is -2.08. The van der Waals surface area contributed by atoms with Gasteiger partial charge in [0.15, 0.2) is 0 Å². The van der Waals surface area contributed by atoms with Gasteiger partial charge >= 0.3 is 0 Å². The van der Waals surface area contributed by atoms with Crippen molar-refractivity contribution in [1.82, 2.24) is 5.32 Å². The van der Waals surface area contributed by atoms with Gasteiger partial charge in [-0.1, -0.05) is 48.5 Å². The third-order valence-corrected chi connectivity index (χ3v) is 3.96. The van der Waals surface area contributed by atoms with E-state index in [4.69, 9.17) is 0 Å². The molecule has 0 atom stereocenters. The molecule has 4 heteroatoms. The van der Waals surface area contributed by atoms with Gasteiger partial charge < -0.3 is 10.6 Å². The van der Waals surface area contributed by atoms with Crippen LogP contribution in [0.2, 0.25) is 0 Å². The fraction of sp³-hybridized carbons (Fsp3) is 0.0909. The maximum atomic E-state index is 12.4. The first-order chi connectivity index (χ1) is 12.6. The van der Waals surface area contributed by atoms with Crippen molar-refractivity contribution < 1.29 is 9.59 Å². The second kappa shape index (κ2) is 8.12. The molecule has 0 fully saturated rings. The molecule has 0 unspecified atom stereocenters. The fourth-order valence-corrected chi connectivity index (χ4v) is 2.61. The molecule has 0 aromatic heterocycles. The van der Waals surface area contributed by atoms with Crippen LogP contribution in [0.5, 0.6) is 0 Å². The smallest absolute Gasteiger partial charge is 0.255 e. The molecule has 0 saturated carbocycles. The Morgan fingerprint density at radius 3 is 2.19 bits per heavy atom. The van der Waals surface area contributed by atoms with E-state index in [1.165, 1.54) is 0 Å². The van der Waals surface area contributed by atoms with Gasteiger partial charge in [0.05, 0.1) is 0 Å². The Kier molecular flexibility index (Phi) is 5.44. The van der Waals surface area contributed by atoms with Crippen molar-refractivity contribution in [3.8, 4) is 0 Å². The average molecular weight is 344 g/mol. The average Bonchev–Trinajstić information content (AvgIpc) is 2.67. The standard InChI is InChI=1S/C22H20N2O2/c1-16-7-5-12-20(13-16)24-22(26)19-11-6-10-18(14-19)21(25)23-15-17-8-3-2-4-9-17/h2-14H,15H2,1H3,(H,23,25)(H,24,26). The number of carbonyl (C=O) groups excluding carboxylic acids is 2. The highest BCUT2D eigenvalue weighted by Crippen LogP contribution is 2.13. The van der Waals surface area contributed by atoms with E-state index in [1.54, 1.807) is 24.3 Å². The van der Waals surface area contributed by atoms with Gasteiger partial charge in [0.1, 0.15) is 0 Å². The molecule has 0 saturated heterocycles. The van der Waals surface area contributed by atoms with Gasteiger partial charge in [-0.25, -0.2) is 0 Å². The summed E-state index contributed by atoms with van der Waals surface area (Å²) in [4.78, 5) is 24.8. The predicted molar refractivity (Wildman–Crippen MR) is 103 cm³/mol. The summed E-state index contributed by atoms with van der Waals surface area (Å²) in [5.74, 6) is -0.452. The van der Waals surface area contributed by atoms with Gasteiger partial charge in [0.2, 0.25) is 0 Å². The van der Waals surface area contributed by atoms with E-state index < -0.39 is 0 Å². The number of rotatable bonds is 5. The van der Waals surface area contributed by atoms with Crippen LogP contribution in [0.15, 0.2) is 78.9 Å². The number of hydrogen-bond donors (Lipinski definition) is 2. The zero-order valence-electron chi connectivity index (χ0n) is 14.5. The van der Waals surface area contributed by atoms with E-state index in [9.17, 15) is 9.59 Å². The monoisotopic (exact) mass is 344 g/mol. The molecular weight excluding hydrogens is 324 g/mol. The van der Waals surface area contributed by atoms with Crippen molar-refractivity contribution in [2.45, 2.75) is 13.5 Å². The summed E-state index contributed by atoms with van der Waals surface area (Å²) >= 11 is 0.